The summed E-state index contributed by atoms with van der Waals surface area (Å²) in [5.41, 5.74) is 2.44. The van der Waals surface area contributed by atoms with Gasteiger partial charge in [0.2, 0.25) is 5.91 Å². The van der Waals surface area contributed by atoms with Gasteiger partial charge in [0.05, 0.1) is 19.4 Å². The molecule has 0 aromatic heterocycles. The number of halogens is 1. The zero-order valence-electron chi connectivity index (χ0n) is 17.8. The number of rotatable bonds is 6. The Hall–Kier alpha value is -2.32. The SMILES string of the molecule is CCOc1ccc(C2C(C=O)C(CC(=O)OC)CSC23C(=O)Nc2c(Br)cccc23)cc1. The van der Waals surface area contributed by atoms with E-state index in [1.807, 2.05) is 49.4 Å². The molecule has 0 bridgehead atoms. The van der Waals surface area contributed by atoms with Crippen LogP contribution < -0.4 is 10.1 Å². The second-order valence-electron chi connectivity index (χ2n) is 7.90. The van der Waals surface area contributed by atoms with E-state index in [2.05, 4.69) is 21.2 Å². The third-order valence-electron chi connectivity index (χ3n) is 6.25. The maximum absolute atomic E-state index is 13.6. The number of para-hydroxylation sites is 1. The number of ether oxygens (including phenoxy) is 2. The van der Waals surface area contributed by atoms with E-state index in [4.69, 9.17) is 9.47 Å². The van der Waals surface area contributed by atoms with Crippen LogP contribution in [0.1, 0.15) is 30.4 Å². The highest BCUT2D eigenvalue weighted by molar-refractivity contribution is 9.10. The molecular weight excluding hydrogens is 494 g/mol. The Morgan fingerprint density at radius 3 is 2.69 bits per heavy atom. The number of methoxy groups -OCH3 is 1. The van der Waals surface area contributed by atoms with Gasteiger partial charge in [-0.05, 0) is 58.3 Å². The minimum atomic E-state index is -0.982. The monoisotopic (exact) mass is 517 g/mol. The molecule has 2 aromatic rings. The van der Waals surface area contributed by atoms with Crippen LogP contribution in [0, 0.1) is 11.8 Å². The summed E-state index contributed by atoms with van der Waals surface area (Å²) >= 11 is 5.04. The lowest BCUT2D eigenvalue weighted by atomic mass is 9.68. The van der Waals surface area contributed by atoms with Crippen LogP contribution in [0.3, 0.4) is 0 Å². The minimum Gasteiger partial charge on any atom is -0.494 e. The summed E-state index contributed by atoms with van der Waals surface area (Å²) in [6, 6.07) is 13.3. The van der Waals surface area contributed by atoms with Crippen LogP contribution >= 0.6 is 27.7 Å². The number of aldehydes is 1. The molecule has 1 amide bonds. The van der Waals surface area contributed by atoms with Crippen molar-refractivity contribution >= 4 is 51.5 Å². The normalized spacial score (nSPS) is 26.3. The van der Waals surface area contributed by atoms with Gasteiger partial charge < -0.3 is 19.6 Å². The number of nitrogens with one attached hydrogen (secondary N) is 1. The van der Waals surface area contributed by atoms with Gasteiger partial charge in [0.25, 0.3) is 0 Å². The summed E-state index contributed by atoms with van der Waals surface area (Å²) in [5, 5.41) is 3.03. The fourth-order valence-electron chi connectivity index (χ4n) is 4.80. The van der Waals surface area contributed by atoms with Gasteiger partial charge in [-0.15, -0.1) is 11.8 Å². The fourth-order valence-corrected chi connectivity index (χ4v) is 7.06. The van der Waals surface area contributed by atoms with E-state index in [0.29, 0.717) is 12.4 Å². The number of anilines is 1. The Bertz CT molecular complexity index is 1040. The lowest BCUT2D eigenvalue weighted by Crippen LogP contribution is -2.48. The van der Waals surface area contributed by atoms with Gasteiger partial charge in [-0.25, -0.2) is 0 Å². The molecule has 2 aromatic carbocycles. The number of carbonyl (C=O) groups excluding carboxylic acids is 3. The summed E-state index contributed by atoms with van der Waals surface area (Å²) in [5.74, 6) is -0.526. The van der Waals surface area contributed by atoms with Crippen LogP contribution in [0.2, 0.25) is 0 Å². The van der Waals surface area contributed by atoms with Crippen molar-refractivity contribution in [3.05, 3.63) is 58.1 Å². The van der Waals surface area contributed by atoms with Crippen molar-refractivity contribution in [2.24, 2.45) is 11.8 Å². The van der Waals surface area contributed by atoms with Crippen molar-refractivity contribution in [2.45, 2.75) is 24.0 Å². The van der Waals surface area contributed by atoms with E-state index in [9.17, 15) is 14.4 Å². The van der Waals surface area contributed by atoms with Crippen LogP contribution in [0.5, 0.6) is 5.75 Å². The Balaban J connectivity index is 1.86. The van der Waals surface area contributed by atoms with Gasteiger partial charge >= 0.3 is 5.97 Å². The number of hydrogen-bond acceptors (Lipinski definition) is 6. The molecule has 8 heteroatoms. The van der Waals surface area contributed by atoms with Crippen LogP contribution in [0.25, 0.3) is 0 Å². The first-order chi connectivity index (χ1) is 15.5. The highest BCUT2D eigenvalue weighted by Crippen LogP contribution is 2.62. The van der Waals surface area contributed by atoms with Gasteiger partial charge in [0, 0.05) is 28.3 Å². The molecule has 1 spiro atoms. The van der Waals surface area contributed by atoms with Crippen molar-refractivity contribution in [3.8, 4) is 5.75 Å². The Labute approximate surface area is 199 Å². The summed E-state index contributed by atoms with van der Waals surface area (Å²) in [6.07, 6.45) is 1.03. The second kappa shape index (κ2) is 9.27. The predicted molar refractivity (Wildman–Crippen MR) is 127 cm³/mol. The van der Waals surface area contributed by atoms with E-state index < -0.39 is 16.6 Å². The largest absolute Gasteiger partial charge is 0.494 e. The first-order valence-corrected chi connectivity index (χ1v) is 12.2. The molecule has 0 radical (unpaired) electrons. The van der Waals surface area contributed by atoms with E-state index in [-0.39, 0.29) is 24.2 Å². The molecule has 1 N–H and O–H groups in total. The molecule has 4 unspecified atom stereocenters. The number of carbonyl (C=O) groups is 3. The number of thioether (sulfide) groups is 1. The molecule has 2 aliphatic rings. The predicted octanol–water partition coefficient (Wildman–Crippen LogP) is 4.52. The number of benzene rings is 2. The van der Waals surface area contributed by atoms with E-state index in [0.717, 1.165) is 33.3 Å². The quantitative estimate of drug-likeness (QED) is 0.448. The number of esters is 1. The Morgan fingerprint density at radius 2 is 2.03 bits per heavy atom. The lowest BCUT2D eigenvalue weighted by Gasteiger charge is -2.46. The van der Waals surface area contributed by atoms with Gasteiger partial charge in [0.15, 0.2) is 0 Å². The van der Waals surface area contributed by atoms with Crippen molar-refractivity contribution < 1.29 is 23.9 Å². The third-order valence-corrected chi connectivity index (χ3v) is 8.62. The van der Waals surface area contributed by atoms with E-state index in [1.54, 1.807) is 0 Å². The maximum Gasteiger partial charge on any atom is 0.305 e. The molecule has 168 valence electrons. The highest BCUT2D eigenvalue weighted by atomic mass is 79.9. The maximum atomic E-state index is 13.6. The fraction of sp³-hybridized carbons (Fsp3) is 0.375. The molecule has 4 atom stereocenters. The Kier molecular flexibility index (Phi) is 6.62. The smallest absolute Gasteiger partial charge is 0.305 e. The summed E-state index contributed by atoms with van der Waals surface area (Å²) in [4.78, 5) is 38.1. The number of fused-ring (bicyclic) bond motifs is 2. The molecule has 32 heavy (non-hydrogen) atoms. The number of hydrogen-bond donors (Lipinski definition) is 1. The molecule has 1 saturated heterocycles. The average molecular weight is 518 g/mol. The van der Waals surface area contributed by atoms with Gasteiger partial charge in [0.1, 0.15) is 16.8 Å². The molecule has 4 rings (SSSR count). The van der Waals surface area contributed by atoms with Gasteiger partial charge in [-0.2, -0.15) is 0 Å². The lowest BCUT2D eigenvalue weighted by molar-refractivity contribution is -0.142. The summed E-state index contributed by atoms with van der Waals surface area (Å²) in [6.45, 7) is 2.46. The average Bonchev–Trinajstić information content (AvgIpc) is 3.08. The van der Waals surface area contributed by atoms with E-state index in [1.165, 1.54) is 18.9 Å². The van der Waals surface area contributed by atoms with Crippen LogP contribution in [-0.4, -0.2) is 37.6 Å². The molecule has 1 fully saturated rings. The first kappa shape index (κ1) is 22.9. The van der Waals surface area contributed by atoms with Crippen LogP contribution in [-0.2, 0) is 23.9 Å². The molecule has 0 saturated carbocycles. The van der Waals surface area contributed by atoms with Crippen molar-refractivity contribution in [1.29, 1.82) is 0 Å². The minimum absolute atomic E-state index is 0.128. The number of amides is 1. The zero-order valence-corrected chi connectivity index (χ0v) is 20.2. The van der Waals surface area contributed by atoms with Crippen molar-refractivity contribution in [1.82, 2.24) is 0 Å². The summed E-state index contributed by atoms with van der Waals surface area (Å²) < 4.78 is 10.3. The summed E-state index contributed by atoms with van der Waals surface area (Å²) in [7, 11) is 1.35. The third kappa shape index (κ3) is 3.73. The van der Waals surface area contributed by atoms with Crippen LogP contribution in [0.15, 0.2) is 46.9 Å². The standard InChI is InChI=1S/C24H24BrNO5S/c1-3-31-16-9-7-14(8-10-16)21-17(12-27)15(11-20(28)30-2)13-32-24(21)18-5-4-6-19(25)22(18)26-23(24)29/h4-10,12,15,17,21H,3,11,13H2,1-2H3,(H,26,29). The zero-order chi connectivity index (χ0) is 22.9. The topological polar surface area (TPSA) is 81.7 Å². The molecule has 2 aliphatic heterocycles. The highest BCUT2D eigenvalue weighted by Gasteiger charge is 2.60. The van der Waals surface area contributed by atoms with Gasteiger partial charge in [-0.1, -0.05) is 24.3 Å². The first-order valence-electron chi connectivity index (χ1n) is 10.5. The van der Waals surface area contributed by atoms with Crippen molar-refractivity contribution in [3.63, 3.8) is 0 Å². The molecule has 0 aliphatic carbocycles. The molecule has 6 nitrogen and oxygen atoms in total. The molecule has 2 heterocycles. The molecular formula is C24H24BrNO5S. The van der Waals surface area contributed by atoms with E-state index >= 15 is 0 Å². The second-order valence-corrected chi connectivity index (χ2v) is 10.0. The van der Waals surface area contributed by atoms with Gasteiger partial charge in [-0.3, -0.25) is 9.59 Å². The van der Waals surface area contributed by atoms with Crippen LogP contribution in [0.4, 0.5) is 5.69 Å². The Morgan fingerprint density at radius 1 is 1.28 bits per heavy atom. The van der Waals surface area contributed by atoms with Crippen molar-refractivity contribution in [2.75, 3.05) is 24.8 Å².